The van der Waals surface area contributed by atoms with Gasteiger partial charge in [-0.25, -0.2) is 9.29 Å². The van der Waals surface area contributed by atoms with E-state index in [1.165, 1.54) is 40.5 Å². The molecule has 0 spiro atoms. The van der Waals surface area contributed by atoms with Gasteiger partial charge in [0.15, 0.2) is 0 Å². The van der Waals surface area contributed by atoms with Crippen molar-refractivity contribution in [1.82, 2.24) is 4.90 Å². The Hall–Kier alpha value is -3.82. The molecule has 2 aliphatic heterocycles. The number of allylic oxidation sites excluding steroid dienone is 2. The van der Waals surface area contributed by atoms with Crippen LogP contribution in [-0.2, 0) is 25.7 Å². The molecular weight excluding hydrogens is 579 g/mol. The molecule has 1 saturated carbocycles. The molecule has 2 saturated heterocycles. The van der Waals surface area contributed by atoms with E-state index >= 15 is 0 Å². The third-order valence-corrected chi connectivity index (χ3v) is 10.8. The number of carbonyl (C=O) groups is 4. The van der Waals surface area contributed by atoms with E-state index in [-0.39, 0.29) is 41.2 Å². The number of nitrogens with zero attached hydrogens (tertiary/aromatic N) is 2. The van der Waals surface area contributed by atoms with Gasteiger partial charge in [0.2, 0.25) is 23.6 Å². The summed E-state index contributed by atoms with van der Waals surface area (Å²) in [5.41, 5.74) is 0.536. The van der Waals surface area contributed by atoms with Gasteiger partial charge in [0.25, 0.3) is 0 Å². The van der Waals surface area contributed by atoms with E-state index in [4.69, 9.17) is 11.6 Å². The quantitative estimate of drug-likeness (QED) is 0.306. The zero-order chi connectivity index (χ0) is 29.5. The molecule has 3 fully saturated rings. The Morgan fingerprint density at radius 2 is 1.79 bits per heavy atom. The first-order chi connectivity index (χ1) is 20.1. The average Bonchev–Trinajstić information content (AvgIpc) is 3.62. The molecule has 214 valence electrons. The van der Waals surface area contributed by atoms with Gasteiger partial charge in [-0.2, -0.15) is 0 Å². The highest BCUT2D eigenvalue weighted by atomic mass is 35.5. The molecule has 0 bridgehead atoms. The summed E-state index contributed by atoms with van der Waals surface area (Å²) in [5.74, 6) is -4.94. The monoisotopic (exact) mass is 604 g/mol. The van der Waals surface area contributed by atoms with Crippen LogP contribution < -0.4 is 4.90 Å². The Morgan fingerprint density at radius 3 is 2.48 bits per heavy atom. The summed E-state index contributed by atoms with van der Waals surface area (Å²) in [7, 11) is 0. The molecule has 1 aromatic heterocycles. The summed E-state index contributed by atoms with van der Waals surface area (Å²) in [6, 6.07) is 14.1. The predicted octanol–water partition coefficient (Wildman–Crippen LogP) is 5.68. The molecule has 3 aromatic rings. The SMILES string of the molecule is C[C@@]12C(=O)N(c3ccc(F)c(Cl)c3)C(=O)[C@@H]1C[C@@H]1C(=CC[C@@H]3C(=O)N(Cc4cccs4)C(=O)[C@@H]31)[C@@H]2c1ccc(O)cc1. The normalized spacial score (nSPS) is 30.4. The van der Waals surface area contributed by atoms with Crippen LogP contribution in [0.2, 0.25) is 5.02 Å². The second-order valence-corrected chi connectivity index (χ2v) is 13.1. The van der Waals surface area contributed by atoms with Crippen LogP contribution in [0.1, 0.15) is 36.1 Å². The van der Waals surface area contributed by atoms with Gasteiger partial charge < -0.3 is 5.11 Å². The summed E-state index contributed by atoms with van der Waals surface area (Å²) < 4.78 is 14.0. The second kappa shape index (κ2) is 9.61. The average molecular weight is 605 g/mol. The Morgan fingerprint density at radius 1 is 1.02 bits per heavy atom. The smallest absolute Gasteiger partial charge is 0.241 e. The summed E-state index contributed by atoms with van der Waals surface area (Å²) in [4.78, 5) is 59.2. The number of halogens is 2. The van der Waals surface area contributed by atoms with E-state index in [2.05, 4.69) is 0 Å². The fourth-order valence-corrected chi connectivity index (χ4v) is 8.58. The molecule has 0 radical (unpaired) electrons. The van der Waals surface area contributed by atoms with Crippen molar-refractivity contribution in [3.63, 3.8) is 0 Å². The van der Waals surface area contributed by atoms with Crippen molar-refractivity contribution in [2.75, 3.05) is 4.90 Å². The molecule has 0 unspecified atom stereocenters. The van der Waals surface area contributed by atoms with Gasteiger partial charge >= 0.3 is 0 Å². The highest BCUT2D eigenvalue weighted by Gasteiger charge is 2.67. The van der Waals surface area contributed by atoms with Crippen molar-refractivity contribution in [3.8, 4) is 5.75 Å². The number of likely N-dealkylation sites (tertiary alicyclic amines) is 1. The molecule has 42 heavy (non-hydrogen) atoms. The molecule has 2 aromatic carbocycles. The highest BCUT2D eigenvalue weighted by Crippen LogP contribution is 2.63. The maximum absolute atomic E-state index is 14.3. The molecule has 6 atom stereocenters. The maximum atomic E-state index is 14.3. The van der Waals surface area contributed by atoms with E-state index < -0.39 is 52.6 Å². The van der Waals surface area contributed by atoms with Crippen molar-refractivity contribution in [2.45, 2.75) is 32.2 Å². The first-order valence-electron chi connectivity index (χ1n) is 13.8. The zero-order valence-corrected chi connectivity index (χ0v) is 24.1. The number of imide groups is 2. The third-order valence-electron chi connectivity index (χ3n) is 9.65. The molecule has 7 rings (SSSR count). The zero-order valence-electron chi connectivity index (χ0n) is 22.5. The lowest BCUT2D eigenvalue weighted by molar-refractivity contribution is -0.141. The van der Waals surface area contributed by atoms with Crippen LogP contribution in [0, 0.1) is 34.9 Å². The van der Waals surface area contributed by atoms with Gasteiger partial charge in [-0.15, -0.1) is 11.3 Å². The number of anilines is 1. The van der Waals surface area contributed by atoms with E-state index in [1.54, 1.807) is 19.1 Å². The van der Waals surface area contributed by atoms with Gasteiger partial charge in [-0.1, -0.05) is 41.4 Å². The van der Waals surface area contributed by atoms with Gasteiger partial charge in [0.1, 0.15) is 11.6 Å². The molecule has 10 heteroatoms. The first kappa shape index (κ1) is 27.0. The number of benzene rings is 2. The van der Waals surface area contributed by atoms with Crippen LogP contribution in [0.15, 0.2) is 71.6 Å². The van der Waals surface area contributed by atoms with Crippen molar-refractivity contribution in [2.24, 2.45) is 29.1 Å². The van der Waals surface area contributed by atoms with Crippen LogP contribution in [0.25, 0.3) is 0 Å². The molecule has 4 aliphatic rings. The summed E-state index contributed by atoms with van der Waals surface area (Å²) in [5, 5.41) is 11.7. The van der Waals surface area contributed by atoms with Crippen LogP contribution in [0.5, 0.6) is 5.75 Å². The Bertz CT molecular complexity index is 1690. The maximum Gasteiger partial charge on any atom is 0.241 e. The van der Waals surface area contributed by atoms with Crippen LogP contribution in [-0.4, -0.2) is 33.6 Å². The molecular formula is C32H26ClFN2O5S. The molecule has 4 amide bonds. The number of phenols is 1. The van der Waals surface area contributed by atoms with Crippen molar-refractivity contribution in [3.05, 3.63) is 92.9 Å². The predicted molar refractivity (Wildman–Crippen MR) is 154 cm³/mol. The second-order valence-electron chi connectivity index (χ2n) is 11.7. The van der Waals surface area contributed by atoms with E-state index in [1.807, 2.05) is 23.6 Å². The van der Waals surface area contributed by atoms with E-state index in [0.717, 1.165) is 27.0 Å². The Kier molecular flexibility index (Phi) is 6.18. The minimum Gasteiger partial charge on any atom is -0.508 e. The lowest BCUT2D eigenvalue weighted by atomic mass is 9.51. The van der Waals surface area contributed by atoms with Crippen LogP contribution in [0.3, 0.4) is 0 Å². The molecule has 1 N–H and O–H groups in total. The number of rotatable bonds is 4. The van der Waals surface area contributed by atoms with Crippen LogP contribution in [0.4, 0.5) is 10.1 Å². The Labute approximate surface area is 250 Å². The minimum absolute atomic E-state index is 0.0580. The topological polar surface area (TPSA) is 95.0 Å². The van der Waals surface area contributed by atoms with Gasteiger partial charge in [0, 0.05) is 10.8 Å². The number of fused-ring (bicyclic) bond motifs is 4. The number of thiophene rings is 1. The number of aromatic hydroxyl groups is 1. The molecule has 7 nitrogen and oxygen atoms in total. The highest BCUT2D eigenvalue weighted by molar-refractivity contribution is 7.09. The van der Waals surface area contributed by atoms with Crippen LogP contribution >= 0.6 is 22.9 Å². The lowest BCUT2D eigenvalue weighted by Crippen LogP contribution is -2.48. The van der Waals surface area contributed by atoms with Gasteiger partial charge in [-0.05, 0) is 73.0 Å². The van der Waals surface area contributed by atoms with E-state index in [9.17, 15) is 28.7 Å². The van der Waals surface area contributed by atoms with Gasteiger partial charge in [-0.3, -0.25) is 24.1 Å². The fourth-order valence-electron chi connectivity index (χ4n) is 7.71. The van der Waals surface area contributed by atoms with Crippen molar-refractivity contribution < 1.29 is 28.7 Å². The number of hydrogen-bond acceptors (Lipinski definition) is 6. The Balaban J connectivity index is 1.34. The standard InChI is InChI=1S/C32H26ClFN2O5S/c1-32-23(29(39)36(31(32)41)17-6-11-25(34)24(33)13-17)14-22-20(27(32)16-4-7-18(37)8-5-16)9-10-21-26(22)30(40)35(28(21)38)15-19-3-2-12-42-19/h2-9,11-13,21-23,26-27,37H,10,14-15H2,1H3/t21-,22+,23-,26-,27-,32+/m0/s1. The number of carbonyl (C=O) groups excluding carboxylic acids is 4. The van der Waals surface area contributed by atoms with Crippen molar-refractivity contribution in [1.29, 1.82) is 0 Å². The first-order valence-corrected chi connectivity index (χ1v) is 15.1. The summed E-state index contributed by atoms with van der Waals surface area (Å²) in [6.07, 6.45) is 2.57. The number of amides is 4. The summed E-state index contributed by atoms with van der Waals surface area (Å²) >= 11 is 7.52. The summed E-state index contributed by atoms with van der Waals surface area (Å²) in [6.45, 7) is 1.98. The number of hydrogen-bond donors (Lipinski definition) is 1. The fraction of sp³-hybridized carbons (Fsp3) is 0.312. The molecule has 3 heterocycles. The third kappa shape index (κ3) is 3.76. The number of phenolic OH excluding ortho intramolecular Hbond substituents is 1. The minimum atomic E-state index is -1.23. The van der Waals surface area contributed by atoms with E-state index in [0.29, 0.717) is 6.42 Å². The lowest BCUT2D eigenvalue weighted by Gasteiger charge is -2.49. The largest absolute Gasteiger partial charge is 0.508 e. The van der Waals surface area contributed by atoms with Gasteiger partial charge in [0.05, 0.1) is 40.4 Å². The molecule has 2 aliphatic carbocycles. The van der Waals surface area contributed by atoms with Crippen molar-refractivity contribution >= 4 is 52.3 Å².